The topological polar surface area (TPSA) is 865 Å². The Balaban J connectivity index is 1.13. The lowest BCUT2D eigenvalue weighted by atomic mass is 9.90. The van der Waals surface area contributed by atoms with Crippen LogP contribution in [0, 0.1) is 0 Å². The third-order valence-electron chi connectivity index (χ3n) is 21.2. The Morgan fingerprint density at radius 2 is 0.754 bits per heavy atom. The van der Waals surface area contributed by atoms with Crippen LogP contribution in [0.2, 0.25) is 0 Å². The summed E-state index contributed by atoms with van der Waals surface area (Å²) in [5.74, 6) is -10.4. The molecule has 0 radical (unpaired) electrons. The average Bonchev–Trinajstić information content (AvgIpc) is 0.743. The molecule has 0 aromatic carbocycles. The number of amides is 3. The van der Waals surface area contributed by atoms with Gasteiger partial charge in [-0.3, -0.25) is 14.4 Å². The fraction of sp³-hybridized carbons (Fsp3) is 0.922. The number of hydrogen-bond donors (Lipinski definition) is 32. The van der Waals surface area contributed by atoms with Gasteiger partial charge in [0.25, 0.3) is 5.79 Å². The number of ether oxygens (including phenoxy) is 17. The van der Waals surface area contributed by atoms with E-state index in [1.165, 1.54) is 0 Å². The van der Waals surface area contributed by atoms with E-state index in [2.05, 4.69) is 16.0 Å². The zero-order valence-corrected chi connectivity index (χ0v) is 62.4. The van der Waals surface area contributed by atoms with Gasteiger partial charge in [-0.15, -0.1) is 0 Å². The van der Waals surface area contributed by atoms with Gasteiger partial charge in [0, 0.05) is 27.2 Å². The van der Waals surface area contributed by atoms with E-state index >= 15 is 0 Å². The molecule has 0 bridgehead atoms. The number of aliphatic carboxylic acids is 2. The zero-order valence-electron chi connectivity index (χ0n) is 62.4. The number of aliphatic hydroxyl groups is 27. The van der Waals surface area contributed by atoms with Crippen molar-refractivity contribution in [1.29, 1.82) is 0 Å². The maximum absolute atomic E-state index is 13.8. The first-order chi connectivity index (χ1) is 55.5. The summed E-state index contributed by atoms with van der Waals surface area (Å²) in [7, 11) is 0. The third-order valence-corrected chi connectivity index (χ3v) is 21.2. The number of carbonyl (C=O) groups excluding carboxylic acids is 3. The van der Waals surface area contributed by atoms with Crippen molar-refractivity contribution in [3.63, 3.8) is 0 Å². The number of hydrogen-bond acceptors (Lipinski definition) is 49. The van der Waals surface area contributed by atoms with Crippen molar-refractivity contribution in [3.8, 4) is 0 Å². The Bertz CT molecular complexity index is 3220. The van der Waals surface area contributed by atoms with Crippen LogP contribution < -0.4 is 16.0 Å². The summed E-state index contributed by atoms with van der Waals surface area (Å²) in [6.07, 6.45) is -105. The first-order valence-corrected chi connectivity index (χ1v) is 36.9. The minimum absolute atomic E-state index is 0.763. The van der Waals surface area contributed by atoms with Crippen molar-refractivity contribution >= 4 is 29.7 Å². The van der Waals surface area contributed by atoms with Crippen LogP contribution in [0.5, 0.6) is 0 Å². The summed E-state index contributed by atoms with van der Waals surface area (Å²) in [6, 6.07) is -5.16. The van der Waals surface area contributed by atoms with Crippen LogP contribution in [0.4, 0.5) is 0 Å². The molecule has 0 spiro atoms. The predicted molar refractivity (Wildman–Crippen MR) is 356 cm³/mol. The van der Waals surface area contributed by atoms with Crippen molar-refractivity contribution < 1.29 is 253 Å². The fourth-order valence-electron chi connectivity index (χ4n) is 14.8. The smallest absolute Gasteiger partial charge is 0.364 e. The molecular weight excluding hydrogens is 1630 g/mol. The van der Waals surface area contributed by atoms with Crippen LogP contribution in [0.1, 0.15) is 27.2 Å². The van der Waals surface area contributed by atoms with Gasteiger partial charge >= 0.3 is 11.9 Å². The van der Waals surface area contributed by atoms with Gasteiger partial charge in [0.1, 0.15) is 220 Å². The number of carboxylic acid groups (broad SMARTS) is 2. The number of rotatable bonds is 32. The summed E-state index contributed by atoms with van der Waals surface area (Å²) in [6.45, 7) is -7.38. The maximum Gasteiger partial charge on any atom is 0.364 e. The lowest BCUT2D eigenvalue weighted by molar-refractivity contribution is -0.430. The van der Waals surface area contributed by atoms with E-state index in [-0.39, 0.29) is 0 Å². The number of carbonyl (C=O) groups is 5. The van der Waals surface area contributed by atoms with E-state index in [0.717, 1.165) is 20.8 Å². The molecule has 0 saturated carbocycles. The molecule has 9 saturated heterocycles. The molecule has 9 fully saturated rings. The molecule has 1 unspecified atom stereocenters. The molecule has 0 aromatic heterocycles. The molecule has 118 heavy (non-hydrogen) atoms. The number of nitrogens with one attached hydrogen (secondary N) is 3. The van der Waals surface area contributed by atoms with Crippen molar-refractivity contribution in [2.24, 2.45) is 0 Å². The summed E-state index contributed by atoms with van der Waals surface area (Å²) >= 11 is 0. The van der Waals surface area contributed by atoms with E-state index in [9.17, 15) is 172 Å². The van der Waals surface area contributed by atoms with E-state index in [1.54, 1.807) is 0 Å². The quantitative estimate of drug-likeness (QED) is 0.0297. The average molecular weight is 1730 g/mol. The second-order valence-electron chi connectivity index (χ2n) is 29.4. The Morgan fingerprint density at radius 1 is 0.356 bits per heavy atom. The lowest BCUT2D eigenvalue weighted by Crippen LogP contribution is -2.72. The maximum atomic E-state index is 13.8. The molecule has 0 aromatic rings. The van der Waals surface area contributed by atoms with Gasteiger partial charge in [-0.1, -0.05) is 0 Å². The van der Waals surface area contributed by atoms with Gasteiger partial charge in [0.15, 0.2) is 56.4 Å². The lowest BCUT2D eigenvalue weighted by Gasteiger charge is -2.54. The number of carboxylic acids is 2. The van der Waals surface area contributed by atoms with Crippen molar-refractivity contribution in [3.05, 3.63) is 0 Å². The molecule has 32 N–H and O–H groups in total. The molecule has 0 aliphatic carbocycles. The predicted octanol–water partition coefficient (Wildman–Crippen LogP) is -21.5. The first kappa shape index (κ1) is 97.4. The third kappa shape index (κ3) is 21.1. The molecule has 47 atom stereocenters. The second-order valence-corrected chi connectivity index (χ2v) is 29.4. The van der Waals surface area contributed by atoms with Crippen LogP contribution in [-0.2, 0) is 104 Å². The Labute approximate surface area is 664 Å². The van der Waals surface area contributed by atoms with Gasteiger partial charge in [-0.2, -0.15) is 0 Å². The highest BCUT2D eigenvalue weighted by molar-refractivity contribution is 5.76. The monoisotopic (exact) mass is 1730 g/mol. The zero-order chi connectivity index (χ0) is 87.5. The van der Waals surface area contributed by atoms with Crippen molar-refractivity contribution in [2.45, 2.75) is 315 Å². The van der Waals surface area contributed by atoms with Gasteiger partial charge < -0.3 is 245 Å². The van der Waals surface area contributed by atoms with Crippen molar-refractivity contribution in [2.75, 3.05) is 52.9 Å². The number of aliphatic hydroxyl groups excluding tert-OH is 27. The van der Waals surface area contributed by atoms with Gasteiger partial charge in [0.2, 0.25) is 17.7 Å². The van der Waals surface area contributed by atoms with E-state index in [1.807, 2.05) is 0 Å². The summed E-state index contributed by atoms with van der Waals surface area (Å²) in [4.78, 5) is 63.2. The molecular formula is C64H105N3O51. The van der Waals surface area contributed by atoms with Crippen LogP contribution in [-0.4, -0.2) is 518 Å². The van der Waals surface area contributed by atoms with E-state index < -0.39 is 377 Å². The minimum Gasteiger partial charge on any atom is -0.479 e. The van der Waals surface area contributed by atoms with Crippen LogP contribution in [0.15, 0.2) is 0 Å². The van der Waals surface area contributed by atoms with Crippen LogP contribution in [0.3, 0.4) is 0 Å². The summed E-state index contributed by atoms with van der Waals surface area (Å²) in [5, 5.41) is 330. The standard InChI is InChI=1S/C64H105N3O51/c1-13(74)65-25-32(85)30(83)23(104-55(25)99)11-102-56-26(66-14(2)75)33(86)31(84)24(108-56)12-103-64(63(100)101)4-16(77)45(47(118-64)19(80)7-70)110-62-53(117-60-42(95)36(89)37(90)49(113-60)54(97)98)52(116-61-50(39(92)38(91)44(109-61)17(78)5-68)114-58-41(94)35(88)29(82)21(9-72)106-58)51(46(111-62)18(79)6-69)115-59-43(96)40(93)48(22(10-73)107-59)112-57-27(67-15(3)76)34(87)28(81)20(8-71)105-57/h16-53,55-62,68-73,77-96,99H,4-12H2,1-3H3,(H,65,74)(H,66,75)(H,67,76)(H,97,98)(H,100,101)/t16-,17+,18+,19-,20-,21-,22-,23-,24-,25-,26-,27-,28-,29+,30-,31-,32-,33-,34-,35+,36+,37+,38+,39+,40-,41-,42-,43-,44-,45-,46-,47-,48-,49+,50+,51-,52+,53+,55?,56-,57+,58+,59+,60+,61-,62+,64-/m1/s1. The normalized spacial score (nSPS) is 47.9. The summed E-state index contributed by atoms with van der Waals surface area (Å²) < 4.78 is 100. The van der Waals surface area contributed by atoms with Gasteiger partial charge in [0.05, 0.1) is 59.0 Å². The molecule has 54 heteroatoms. The largest absolute Gasteiger partial charge is 0.479 e. The Morgan fingerprint density at radius 3 is 1.30 bits per heavy atom. The van der Waals surface area contributed by atoms with Crippen LogP contribution in [0.25, 0.3) is 0 Å². The molecule has 9 aliphatic heterocycles. The first-order valence-electron chi connectivity index (χ1n) is 36.9. The second kappa shape index (κ2) is 41.6. The highest BCUT2D eigenvalue weighted by Crippen LogP contribution is 2.44. The molecule has 54 nitrogen and oxygen atoms in total. The molecule has 3 amide bonds. The van der Waals surface area contributed by atoms with Crippen molar-refractivity contribution in [1.82, 2.24) is 16.0 Å². The molecule has 682 valence electrons. The van der Waals surface area contributed by atoms with Crippen LogP contribution >= 0.6 is 0 Å². The fourth-order valence-corrected chi connectivity index (χ4v) is 14.8. The highest BCUT2D eigenvalue weighted by atomic mass is 16.8. The van der Waals surface area contributed by atoms with Gasteiger partial charge in [-0.05, 0) is 0 Å². The molecule has 9 heterocycles. The molecule has 9 rings (SSSR count). The SMILES string of the molecule is CC(=O)N[C@H]1[C@H](OC[C@H]2OC(O)[C@H](NC(C)=O)[C@@H](O)[C@@H]2O)O[C@H](CO[C@]2(C(=O)O)C[C@@H](O)[C@@H](O[C@H]3O[C@H]([C@@H](O)CO)[C@@H](O[C@@H]4O[C@H](CO)[C@@H](O[C@@H]5O[C@H](CO)[C@@H](O)[C@H](O)[C@H]5NC(C)=O)[C@H](O)[C@H]4O)[C@H](O[C@H]4O[C@H]([C@@H](O)CO)[C@@H](O)[C@H](O)[C@@H]4O[C@@H]4O[C@H](CO)[C@H](O)[C@H](O)[C@H]4O)[C@@H]3O[C@@H]3O[C@H](C(=O)O)[C@@H](O)[C@H](O)[C@H]3O)[C@@H]([C@H](O)CO)O2)[C@@H](O)[C@@H]1O. The Hall–Kier alpha value is -4.41. The minimum atomic E-state index is -3.44. The molecule has 9 aliphatic rings. The van der Waals surface area contributed by atoms with E-state index in [4.69, 9.17) is 80.5 Å². The Kier molecular flexibility index (Phi) is 34.3. The highest BCUT2D eigenvalue weighted by Gasteiger charge is 2.64. The van der Waals surface area contributed by atoms with E-state index in [0.29, 0.717) is 0 Å². The summed E-state index contributed by atoms with van der Waals surface area (Å²) in [5.41, 5.74) is 0. The van der Waals surface area contributed by atoms with Gasteiger partial charge in [-0.25, -0.2) is 9.59 Å².